The van der Waals surface area contributed by atoms with Crippen molar-refractivity contribution >= 4 is 32.2 Å². The van der Waals surface area contributed by atoms with E-state index in [1.807, 2.05) is 60.7 Å². The minimum absolute atomic E-state index is 0.0247. The Kier molecular flexibility index (Phi) is 27.3. The predicted molar refractivity (Wildman–Crippen MR) is 263 cm³/mol. The summed E-state index contributed by atoms with van der Waals surface area (Å²) in [5.74, 6) is 1.66. The summed E-state index contributed by atoms with van der Waals surface area (Å²) in [6.07, 6.45) is 10.0. The second-order valence-corrected chi connectivity index (χ2v) is 19.0. The van der Waals surface area contributed by atoms with Gasteiger partial charge in [0.05, 0.1) is 51.3 Å². The molecule has 21 nitrogen and oxygen atoms in total. The highest BCUT2D eigenvalue weighted by Crippen LogP contribution is 2.33. The fraction of sp³-hybridized carbons (Fsp3) is 0.500. The molecule has 3 fully saturated rings. The molecule has 0 aromatic heterocycles. The molecule has 0 unspecified atom stereocenters. The van der Waals surface area contributed by atoms with Gasteiger partial charge in [0.1, 0.15) is 44.5 Å². The number of hydrogen-bond donors (Lipinski definition) is 0. The number of ether oxygens (including phenoxy) is 5. The topological polar surface area (TPSA) is 255 Å². The number of nitro benzene ring substituents is 2. The van der Waals surface area contributed by atoms with Crippen molar-refractivity contribution in [3.8, 4) is 23.0 Å². The van der Waals surface area contributed by atoms with Gasteiger partial charge in [0.15, 0.2) is 0 Å². The molecule has 0 amide bonds. The van der Waals surface area contributed by atoms with Crippen LogP contribution in [0.4, 0.5) is 11.4 Å². The predicted octanol–water partition coefficient (Wildman–Crippen LogP) is 7.64. The third-order valence-electron chi connectivity index (χ3n) is 11.1. The highest BCUT2D eigenvalue weighted by molar-refractivity contribution is 7.81. The van der Waals surface area contributed by atoms with Crippen molar-refractivity contribution < 1.29 is 72.0 Å². The van der Waals surface area contributed by atoms with Crippen LogP contribution in [0.5, 0.6) is 23.0 Å². The van der Waals surface area contributed by atoms with E-state index in [2.05, 4.69) is 24.5 Å². The molecular formula is C48H68N4O17S2. The van der Waals surface area contributed by atoms with Gasteiger partial charge in [0, 0.05) is 44.0 Å². The van der Waals surface area contributed by atoms with Crippen LogP contribution in [0.25, 0.3) is 0 Å². The molecular weight excluding hydrogens is 969 g/mol. The number of nitrogens with zero attached hydrogens (tertiary/aromatic N) is 4. The van der Waals surface area contributed by atoms with Crippen LogP contribution >= 0.6 is 0 Å². The van der Waals surface area contributed by atoms with E-state index in [-0.39, 0.29) is 22.9 Å². The second kappa shape index (κ2) is 32.5. The van der Waals surface area contributed by atoms with Crippen LogP contribution in [-0.2, 0) is 51.3 Å². The Balaban J connectivity index is 0.000000279. The Morgan fingerprint density at radius 2 is 1.03 bits per heavy atom. The molecule has 4 aromatic carbocycles. The lowest BCUT2D eigenvalue weighted by Crippen LogP contribution is -2.50. The number of quaternary nitrogens is 1. The zero-order chi connectivity index (χ0) is 52.0. The maximum atomic E-state index is 11.3. The summed E-state index contributed by atoms with van der Waals surface area (Å²) in [5, 5.41) is 22.6. The monoisotopic (exact) mass is 1040 g/mol. The zero-order valence-electron chi connectivity index (χ0n) is 40.9. The van der Waals surface area contributed by atoms with Crippen molar-refractivity contribution in [2.75, 3.05) is 94.1 Å². The molecule has 394 valence electrons. The number of likely N-dealkylation sites (N-methyl/N-ethyl adjacent to an activating group) is 1. The Morgan fingerprint density at radius 1 is 0.592 bits per heavy atom. The third-order valence-corrected chi connectivity index (χ3v) is 12.3. The van der Waals surface area contributed by atoms with Crippen molar-refractivity contribution in [1.29, 1.82) is 0 Å². The smallest absolute Gasteiger partial charge is 0.399 e. The summed E-state index contributed by atoms with van der Waals surface area (Å²) in [4.78, 5) is 24.1. The third kappa shape index (κ3) is 25.4. The summed E-state index contributed by atoms with van der Waals surface area (Å²) >= 11 is 0. The molecule has 23 heteroatoms. The van der Waals surface area contributed by atoms with Crippen molar-refractivity contribution in [3.05, 3.63) is 128 Å². The van der Waals surface area contributed by atoms with Crippen LogP contribution in [0.2, 0.25) is 0 Å². The van der Waals surface area contributed by atoms with Gasteiger partial charge >= 0.3 is 21.8 Å². The van der Waals surface area contributed by atoms with Crippen LogP contribution in [0, 0.1) is 20.2 Å². The molecule has 0 N–H and O–H groups in total. The van der Waals surface area contributed by atoms with Crippen molar-refractivity contribution in [3.63, 3.8) is 0 Å². The summed E-state index contributed by atoms with van der Waals surface area (Å²) in [6, 6.07) is 29.0. The second-order valence-electron chi connectivity index (χ2n) is 16.4. The zero-order valence-corrected chi connectivity index (χ0v) is 42.6. The molecule has 0 bridgehead atoms. The molecule has 4 aromatic rings. The van der Waals surface area contributed by atoms with Crippen molar-refractivity contribution in [2.45, 2.75) is 64.6 Å². The van der Waals surface area contributed by atoms with Crippen LogP contribution < -0.4 is 18.9 Å². The first-order chi connectivity index (χ1) is 34.0. The molecule has 3 heterocycles. The number of rotatable bonds is 19. The van der Waals surface area contributed by atoms with Crippen molar-refractivity contribution in [1.82, 2.24) is 4.90 Å². The molecule has 0 atom stereocenters. The number of benzene rings is 4. The normalized spacial score (nSPS) is 15.3. The van der Waals surface area contributed by atoms with E-state index in [1.54, 1.807) is 24.3 Å². The van der Waals surface area contributed by atoms with E-state index >= 15 is 0 Å². The van der Waals surface area contributed by atoms with Gasteiger partial charge in [-0.2, -0.15) is 8.42 Å². The summed E-state index contributed by atoms with van der Waals surface area (Å²) < 4.78 is 87.5. The van der Waals surface area contributed by atoms with E-state index in [0.717, 1.165) is 89.4 Å². The van der Waals surface area contributed by atoms with Crippen LogP contribution in [0.1, 0.15) is 62.5 Å². The van der Waals surface area contributed by atoms with Crippen LogP contribution in [-0.4, -0.2) is 135 Å². The molecule has 0 spiro atoms. The molecule has 0 radical (unpaired) electrons. The fourth-order valence-corrected chi connectivity index (χ4v) is 7.24. The SMILES string of the molecule is C1CCOC1.COS(=O)(=O)OC.COS(=O)(=O)[O-].C[N+]1(CCOc2cc(OCc3ccccc3)ccc2[N+](=O)[O-])CCCCC1.O=[N+]([O-])c1ccc(OCc2ccccc2)cc1OCCN1CCCCC1. The minimum Gasteiger partial charge on any atom is -0.726 e. The Bertz CT molecular complexity index is 2350. The molecule has 0 aliphatic carbocycles. The first-order valence-electron chi connectivity index (χ1n) is 23.1. The Hall–Kier alpha value is -5.50. The maximum Gasteiger partial charge on any atom is 0.399 e. The highest BCUT2D eigenvalue weighted by Gasteiger charge is 2.25. The maximum absolute atomic E-state index is 11.3. The largest absolute Gasteiger partial charge is 0.726 e. The fourth-order valence-electron chi connectivity index (χ4n) is 7.10. The average molecular weight is 1040 g/mol. The van der Waals surface area contributed by atoms with E-state index in [9.17, 15) is 41.6 Å². The quantitative estimate of drug-likeness (QED) is 0.0287. The lowest BCUT2D eigenvalue weighted by molar-refractivity contribution is -0.914. The minimum atomic E-state index is -4.41. The highest BCUT2D eigenvalue weighted by atomic mass is 32.3. The average Bonchev–Trinajstić information content (AvgIpc) is 3.98. The number of likely N-dealkylation sites (tertiary alicyclic amines) is 2. The van der Waals surface area contributed by atoms with Gasteiger partial charge in [0.2, 0.25) is 21.9 Å². The molecule has 3 saturated heterocycles. The van der Waals surface area contributed by atoms with Gasteiger partial charge in [-0.3, -0.25) is 37.7 Å². The first kappa shape index (κ1) is 59.8. The van der Waals surface area contributed by atoms with Crippen molar-refractivity contribution in [2.24, 2.45) is 0 Å². The van der Waals surface area contributed by atoms with Crippen LogP contribution in [0.3, 0.4) is 0 Å². The lowest BCUT2D eigenvalue weighted by atomic mass is 10.1. The van der Waals surface area contributed by atoms with E-state index in [1.165, 1.54) is 63.5 Å². The van der Waals surface area contributed by atoms with Gasteiger partial charge in [0.25, 0.3) is 0 Å². The number of hydrogen-bond acceptors (Lipinski definition) is 18. The molecule has 71 heavy (non-hydrogen) atoms. The van der Waals surface area contributed by atoms with Gasteiger partial charge in [-0.25, -0.2) is 8.42 Å². The molecule has 3 aliphatic heterocycles. The Labute approximate surface area is 417 Å². The summed E-state index contributed by atoms with van der Waals surface area (Å²) in [7, 11) is -2.98. The number of piperidine rings is 2. The number of nitro groups is 2. The summed E-state index contributed by atoms with van der Waals surface area (Å²) in [6.45, 7) is 9.79. The molecule has 0 saturated carbocycles. The molecule has 3 aliphatic rings. The van der Waals surface area contributed by atoms with Crippen LogP contribution in [0.15, 0.2) is 97.1 Å². The van der Waals surface area contributed by atoms with Gasteiger partial charge in [-0.05, 0) is 81.3 Å². The Morgan fingerprint density at radius 3 is 1.41 bits per heavy atom. The molecule has 7 rings (SSSR count). The van der Waals surface area contributed by atoms with Gasteiger partial charge in [-0.1, -0.05) is 67.1 Å². The first-order valence-corrected chi connectivity index (χ1v) is 25.8. The van der Waals surface area contributed by atoms with Gasteiger partial charge < -0.3 is 32.7 Å². The lowest BCUT2D eigenvalue weighted by Gasteiger charge is -2.37. The standard InChI is InChI=1S/C21H27N2O4.C20H24N2O4.C4H8O.C2H6O4S.CH4O4S/c1-23(12-6-3-7-13-23)14-15-26-21-16-19(10-11-20(21)22(24)25)27-17-18-8-4-2-5-9-18;23-22(24)19-10-9-18(26-16-17-7-3-1-4-8-17)15-20(19)25-14-13-21-11-5-2-6-12-21;1-2-4-5-3-1;1-5-7(3,4)6-2;1-5-6(2,3)4/h2,4-5,8-11,16H,3,6-7,12-15,17H2,1H3;1,3-4,7-10,15H,2,5-6,11-14,16H2;1-4H2;1-2H3;1H3,(H,2,3,4)/q+1;;;;/p-1. The van der Waals surface area contributed by atoms with E-state index in [4.69, 9.17) is 23.7 Å². The summed E-state index contributed by atoms with van der Waals surface area (Å²) in [5.41, 5.74) is 2.03. The van der Waals surface area contributed by atoms with E-state index < -0.39 is 30.6 Å². The van der Waals surface area contributed by atoms with Gasteiger partial charge in [-0.15, -0.1) is 0 Å². The van der Waals surface area contributed by atoms with E-state index in [0.29, 0.717) is 37.9 Å².